The van der Waals surface area contributed by atoms with Gasteiger partial charge in [0.15, 0.2) is 0 Å². The number of ether oxygens (including phenoxy) is 1. The molecule has 0 aliphatic carbocycles. The summed E-state index contributed by atoms with van der Waals surface area (Å²) in [7, 11) is 0. The van der Waals surface area contributed by atoms with Gasteiger partial charge in [0.2, 0.25) is 0 Å². The van der Waals surface area contributed by atoms with Crippen LogP contribution in [0.15, 0.2) is 22.7 Å². The van der Waals surface area contributed by atoms with Gasteiger partial charge in [-0.1, -0.05) is 31.9 Å². The van der Waals surface area contributed by atoms with Gasteiger partial charge in [-0.3, -0.25) is 4.79 Å². The fourth-order valence-electron chi connectivity index (χ4n) is 2.04. The summed E-state index contributed by atoms with van der Waals surface area (Å²) in [5, 5.41) is 0.677. The van der Waals surface area contributed by atoms with Crippen molar-refractivity contribution in [3.8, 4) is 0 Å². The predicted molar refractivity (Wildman–Crippen MR) is 78.1 cm³/mol. The van der Waals surface area contributed by atoms with Gasteiger partial charge < -0.3 is 9.64 Å². The largest absolute Gasteiger partial charge is 0.373 e. The van der Waals surface area contributed by atoms with Gasteiger partial charge in [-0.15, -0.1) is 0 Å². The van der Waals surface area contributed by atoms with Crippen LogP contribution < -0.4 is 0 Å². The zero-order valence-corrected chi connectivity index (χ0v) is 13.6. The minimum atomic E-state index is -0.421. The van der Waals surface area contributed by atoms with Crippen molar-refractivity contribution in [2.75, 3.05) is 18.5 Å². The summed E-state index contributed by atoms with van der Waals surface area (Å²) >= 11 is 6.56. The highest BCUT2D eigenvalue weighted by Crippen LogP contribution is 2.20. The third kappa shape index (κ3) is 3.55. The molecule has 0 radical (unpaired) electrons. The van der Waals surface area contributed by atoms with E-state index >= 15 is 0 Å². The number of morpholine rings is 1. The molecule has 1 amide bonds. The van der Waals surface area contributed by atoms with E-state index < -0.39 is 5.82 Å². The van der Waals surface area contributed by atoms with Gasteiger partial charge in [-0.25, -0.2) is 4.39 Å². The van der Waals surface area contributed by atoms with Crippen molar-refractivity contribution in [3.05, 3.63) is 34.1 Å². The molecule has 1 saturated heterocycles. The summed E-state index contributed by atoms with van der Waals surface area (Å²) < 4.78 is 19.5. The minimum Gasteiger partial charge on any atom is -0.373 e. The van der Waals surface area contributed by atoms with Crippen LogP contribution in [0.3, 0.4) is 0 Å². The Morgan fingerprint density at radius 2 is 2.26 bits per heavy atom. The number of halogens is 3. The minimum absolute atomic E-state index is 0.00940. The van der Waals surface area contributed by atoms with Crippen molar-refractivity contribution < 1.29 is 13.9 Å². The van der Waals surface area contributed by atoms with Gasteiger partial charge in [0.25, 0.3) is 5.91 Å². The monoisotopic (exact) mass is 393 g/mol. The lowest BCUT2D eigenvalue weighted by Gasteiger charge is -2.37. The Bertz CT molecular complexity index is 463. The van der Waals surface area contributed by atoms with Gasteiger partial charge in [-0.2, -0.15) is 0 Å². The van der Waals surface area contributed by atoms with Crippen LogP contribution in [-0.2, 0) is 4.74 Å². The maximum absolute atomic E-state index is 13.4. The molecule has 6 heteroatoms. The predicted octanol–water partition coefficient (Wildman–Crippen LogP) is 3.21. The van der Waals surface area contributed by atoms with E-state index in [1.165, 1.54) is 12.1 Å². The summed E-state index contributed by atoms with van der Waals surface area (Å²) in [5.74, 6) is -0.586. The molecule has 2 unspecified atom stereocenters. The Labute approximate surface area is 128 Å². The van der Waals surface area contributed by atoms with E-state index in [1.807, 2.05) is 6.92 Å². The highest BCUT2D eigenvalue weighted by atomic mass is 79.9. The lowest BCUT2D eigenvalue weighted by molar-refractivity contribution is -0.0361. The lowest BCUT2D eigenvalue weighted by atomic mass is 10.1. The summed E-state index contributed by atoms with van der Waals surface area (Å²) in [4.78, 5) is 14.2. The number of benzene rings is 1. The first-order chi connectivity index (χ1) is 9.01. The first-order valence-electron chi connectivity index (χ1n) is 5.96. The molecule has 1 aliphatic rings. The maximum Gasteiger partial charge on any atom is 0.254 e. The van der Waals surface area contributed by atoms with Crippen LogP contribution in [-0.4, -0.2) is 41.4 Å². The van der Waals surface area contributed by atoms with Crippen LogP contribution in [0, 0.1) is 5.82 Å². The standard InChI is InChI=1S/C13H14Br2FNO2/c1-8-7-19-12(5-14)6-17(8)13(18)9-2-10(15)4-11(16)3-9/h2-4,8,12H,5-7H2,1H3. The van der Waals surface area contributed by atoms with Crippen LogP contribution >= 0.6 is 31.9 Å². The van der Waals surface area contributed by atoms with E-state index in [-0.39, 0.29) is 18.1 Å². The average molecular weight is 395 g/mol. The van der Waals surface area contributed by atoms with E-state index in [0.29, 0.717) is 28.5 Å². The molecule has 1 aliphatic heterocycles. The number of hydrogen-bond acceptors (Lipinski definition) is 2. The Balaban J connectivity index is 2.21. The van der Waals surface area contributed by atoms with Crippen LogP contribution in [0.25, 0.3) is 0 Å². The summed E-state index contributed by atoms with van der Waals surface area (Å²) in [6.07, 6.45) is -0.0165. The Morgan fingerprint density at radius 3 is 2.89 bits per heavy atom. The van der Waals surface area contributed by atoms with Crippen molar-refractivity contribution in [2.45, 2.75) is 19.1 Å². The quantitative estimate of drug-likeness (QED) is 0.721. The molecule has 3 nitrogen and oxygen atoms in total. The molecule has 0 spiro atoms. The molecule has 0 N–H and O–H groups in total. The number of carbonyl (C=O) groups is 1. The molecule has 1 fully saturated rings. The summed E-state index contributed by atoms with van der Waals surface area (Å²) in [6, 6.07) is 4.22. The number of alkyl halides is 1. The first-order valence-corrected chi connectivity index (χ1v) is 7.87. The van der Waals surface area contributed by atoms with Crippen molar-refractivity contribution in [3.63, 3.8) is 0 Å². The summed E-state index contributed by atoms with van der Waals surface area (Å²) in [6.45, 7) is 2.94. The Morgan fingerprint density at radius 1 is 1.53 bits per heavy atom. The van der Waals surface area contributed by atoms with Crippen LogP contribution in [0.1, 0.15) is 17.3 Å². The molecule has 0 saturated carbocycles. The molecule has 1 aromatic rings. The molecule has 2 rings (SSSR count). The lowest BCUT2D eigenvalue weighted by Crippen LogP contribution is -2.51. The molecule has 2 atom stereocenters. The van der Waals surface area contributed by atoms with E-state index in [2.05, 4.69) is 31.9 Å². The number of nitrogens with zero attached hydrogens (tertiary/aromatic N) is 1. The SMILES string of the molecule is CC1COC(CBr)CN1C(=O)c1cc(F)cc(Br)c1. The second-order valence-electron chi connectivity index (χ2n) is 4.57. The topological polar surface area (TPSA) is 29.5 Å². The van der Waals surface area contributed by atoms with E-state index in [1.54, 1.807) is 11.0 Å². The van der Waals surface area contributed by atoms with Crippen LogP contribution in [0.5, 0.6) is 0 Å². The van der Waals surface area contributed by atoms with Crippen molar-refractivity contribution in [1.29, 1.82) is 0 Å². The van der Waals surface area contributed by atoms with Crippen LogP contribution in [0.2, 0.25) is 0 Å². The average Bonchev–Trinajstić information content (AvgIpc) is 2.37. The van der Waals surface area contributed by atoms with Crippen molar-refractivity contribution in [2.24, 2.45) is 0 Å². The van der Waals surface area contributed by atoms with Gasteiger partial charge >= 0.3 is 0 Å². The zero-order chi connectivity index (χ0) is 14.0. The second kappa shape index (κ2) is 6.33. The summed E-state index contributed by atoms with van der Waals surface area (Å²) in [5.41, 5.74) is 0.356. The number of carbonyl (C=O) groups excluding carboxylic acids is 1. The molecule has 1 heterocycles. The molecule has 0 bridgehead atoms. The number of hydrogen-bond donors (Lipinski definition) is 0. The van der Waals surface area contributed by atoms with Gasteiger partial charge in [0, 0.05) is 21.9 Å². The molecular weight excluding hydrogens is 381 g/mol. The maximum atomic E-state index is 13.4. The third-order valence-electron chi connectivity index (χ3n) is 3.05. The highest BCUT2D eigenvalue weighted by Gasteiger charge is 2.30. The van der Waals surface area contributed by atoms with E-state index in [0.717, 1.165) is 0 Å². The van der Waals surface area contributed by atoms with E-state index in [4.69, 9.17) is 4.74 Å². The fourth-order valence-corrected chi connectivity index (χ4v) is 2.89. The zero-order valence-electron chi connectivity index (χ0n) is 10.4. The van der Waals surface area contributed by atoms with Crippen LogP contribution in [0.4, 0.5) is 4.39 Å². The number of amides is 1. The Kier molecular flexibility index (Phi) is 4.97. The normalized spacial score (nSPS) is 23.5. The smallest absolute Gasteiger partial charge is 0.254 e. The molecule has 1 aromatic carbocycles. The van der Waals surface area contributed by atoms with Crippen molar-refractivity contribution in [1.82, 2.24) is 4.90 Å². The van der Waals surface area contributed by atoms with Gasteiger partial charge in [-0.05, 0) is 25.1 Å². The highest BCUT2D eigenvalue weighted by molar-refractivity contribution is 9.10. The fraction of sp³-hybridized carbons (Fsp3) is 0.462. The molecule has 19 heavy (non-hydrogen) atoms. The third-order valence-corrected chi connectivity index (χ3v) is 4.23. The van der Waals surface area contributed by atoms with Crippen molar-refractivity contribution >= 4 is 37.8 Å². The number of rotatable bonds is 2. The second-order valence-corrected chi connectivity index (χ2v) is 6.14. The Hall–Kier alpha value is -0.460. The molecular formula is C13H14Br2FNO2. The van der Waals surface area contributed by atoms with Gasteiger partial charge in [0.1, 0.15) is 5.82 Å². The first kappa shape index (κ1) is 14.9. The van der Waals surface area contributed by atoms with E-state index in [9.17, 15) is 9.18 Å². The van der Waals surface area contributed by atoms with Gasteiger partial charge in [0.05, 0.1) is 18.8 Å². The molecule has 104 valence electrons. The molecule has 0 aromatic heterocycles.